The standard InChI is InChI=1S/C34H37F2N3O4/c1-20(2)22-10-7-9-21(3)32(22)39-28-18-23(31-25(35)11-8-12-29(31)40)26(36)17-24(28)27(19-30(39)41)37-13-15-38(16-14-37)33(42)43-34(4,5)6/h7-12,17-20,40H,13-16H2,1-6H3. The van der Waals surface area contributed by atoms with Crippen LogP contribution in [0.2, 0.25) is 0 Å². The van der Waals surface area contributed by atoms with Crippen molar-refractivity contribution in [3.05, 3.63) is 87.7 Å². The number of para-hydroxylation sites is 1. The fraction of sp³-hybridized carbons (Fsp3) is 0.353. The van der Waals surface area contributed by atoms with E-state index in [1.54, 1.807) is 9.47 Å². The summed E-state index contributed by atoms with van der Waals surface area (Å²) >= 11 is 0. The summed E-state index contributed by atoms with van der Waals surface area (Å²) in [5.74, 6) is -1.84. The summed E-state index contributed by atoms with van der Waals surface area (Å²) in [6.07, 6.45) is -0.409. The van der Waals surface area contributed by atoms with Crippen LogP contribution in [0.4, 0.5) is 19.3 Å². The van der Waals surface area contributed by atoms with Gasteiger partial charge in [-0.1, -0.05) is 38.1 Å². The molecule has 7 nitrogen and oxygen atoms in total. The molecule has 0 saturated carbocycles. The number of piperazine rings is 1. The summed E-state index contributed by atoms with van der Waals surface area (Å²) in [7, 11) is 0. The van der Waals surface area contributed by atoms with Crippen molar-refractivity contribution in [2.24, 2.45) is 0 Å². The van der Waals surface area contributed by atoms with E-state index in [1.807, 2.05) is 64.6 Å². The first-order valence-corrected chi connectivity index (χ1v) is 14.5. The summed E-state index contributed by atoms with van der Waals surface area (Å²) in [6, 6.07) is 13.9. The molecule has 0 radical (unpaired) electrons. The highest BCUT2D eigenvalue weighted by Crippen LogP contribution is 2.39. The Morgan fingerprint density at radius 2 is 1.63 bits per heavy atom. The van der Waals surface area contributed by atoms with Gasteiger partial charge in [0.15, 0.2) is 0 Å². The maximum absolute atomic E-state index is 15.9. The molecular weight excluding hydrogens is 552 g/mol. The monoisotopic (exact) mass is 589 g/mol. The minimum Gasteiger partial charge on any atom is -0.507 e. The molecule has 2 heterocycles. The first kappa shape index (κ1) is 30.1. The predicted octanol–water partition coefficient (Wildman–Crippen LogP) is 7.13. The summed E-state index contributed by atoms with van der Waals surface area (Å²) < 4.78 is 38.0. The number of carbonyl (C=O) groups excluding carboxylic acids is 1. The Hall–Kier alpha value is -4.40. The van der Waals surface area contributed by atoms with E-state index in [9.17, 15) is 19.1 Å². The number of phenolic OH excluding ortho intramolecular Hbond substituents is 1. The maximum Gasteiger partial charge on any atom is 0.410 e. The molecule has 1 fully saturated rings. The van der Waals surface area contributed by atoms with Crippen LogP contribution >= 0.6 is 0 Å². The lowest BCUT2D eigenvalue weighted by Crippen LogP contribution is -2.50. The Morgan fingerprint density at radius 1 is 0.953 bits per heavy atom. The molecule has 1 aliphatic rings. The van der Waals surface area contributed by atoms with Crippen LogP contribution in [0.3, 0.4) is 0 Å². The van der Waals surface area contributed by atoms with E-state index in [0.717, 1.165) is 17.2 Å². The molecule has 0 atom stereocenters. The van der Waals surface area contributed by atoms with Crippen molar-refractivity contribution in [3.8, 4) is 22.6 Å². The van der Waals surface area contributed by atoms with E-state index in [1.165, 1.54) is 30.3 Å². The van der Waals surface area contributed by atoms with E-state index in [-0.39, 0.29) is 22.6 Å². The lowest BCUT2D eigenvalue weighted by atomic mass is 9.96. The van der Waals surface area contributed by atoms with Crippen LogP contribution in [-0.2, 0) is 4.74 Å². The number of ether oxygens (including phenoxy) is 1. The van der Waals surface area contributed by atoms with Crippen LogP contribution in [0.15, 0.2) is 59.4 Å². The first-order valence-electron chi connectivity index (χ1n) is 14.5. The number of nitrogens with zero attached hydrogens (tertiary/aromatic N) is 3. The van der Waals surface area contributed by atoms with Gasteiger partial charge < -0.3 is 19.6 Å². The molecule has 0 bridgehead atoms. The smallest absolute Gasteiger partial charge is 0.410 e. The predicted molar refractivity (Wildman–Crippen MR) is 165 cm³/mol. The quantitative estimate of drug-likeness (QED) is 0.274. The molecule has 1 amide bonds. The van der Waals surface area contributed by atoms with Gasteiger partial charge in [-0.15, -0.1) is 0 Å². The zero-order chi connectivity index (χ0) is 31.2. The third kappa shape index (κ3) is 5.81. The Labute approximate surface area is 249 Å². The number of carbonyl (C=O) groups is 1. The normalized spacial score (nSPS) is 14.1. The van der Waals surface area contributed by atoms with Gasteiger partial charge in [-0.25, -0.2) is 13.6 Å². The Bertz CT molecular complexity index is 1750. The van der Waals surface area contributed by atoms with Crippen molar-refractivity contribution in [1.82, 2.24) is 9.47 Å². The molecule has 9 heteroatoms. The fourth-order valence-electron chi connectivity index (χ4n) is 5.70. The Balaban J connectivity index is 1.71. The van der Waals surface area contributed by atoms with Gasteiger partial charge in [0.2, 0.25) is 0 Å². The number of pyridine rings is 1. The molecule has 4 aromatic rings. The number of fused-ring (bicyclic) bond motifs is 1. The number of anilines is 1. The van der Waals surface area contributed by atoms with E-state index in [0.29, 0.717) is 48.5 Å². The van der Waals surface area contributed by atoms with Gasteiger partial charge in [0.25, 0.3) is 5.56 Å². The fourth-order valence-corrected chi connectivity index (χ4v) is 5.70. The molecular formula is C34H37F2N3O4. The Morgan fingerprint density at radius 3 is 2.26 bits per heavy atom. The molecule has 5 rings (SSSR count). The number of aryl methyl sites for hydroxylation is 1. The van der Waals surface area contributed by atoms with Crippen molar-refractivity contribution in [2.75, 3.05) is 31.1 Å². The summed E-state index contributed by atoms with van der Waals surface area (Å²) in [6.45, 7) is 12.9. The van der Waals surface area contributed by atoms with Crippen LogP contribution < -0.4 is 10.5 Å². The van der Waals surface area contributed by atoms with Crippen LogP contribution in [0.1, 0.15) is 51.7 Å². The van der Waals surface area contributed by atoms with Gasteiger partial charge in [0.05, 0.1) is 22.5 Å². The van der Waals surface area contributed by atoms with E-state index in [2.05, 4.69) is 0 Å². The lowest BCUT2D eigenvalue weighted by molar-refractivity contribution is 0.0240. The van der Waals surface area contributed by atoms with E-state index in [4.69, 9.17) is 4.74 Å². The Kier molecular flexibility index (Phi) is 7.94. The lowest BCUT2D eigenvalue weighted by Gasteiger charge is -2.37. The second-order valence-electron chi connectivity index (χ2n) is 12.3. The average Bonchev–Trinajstić information content (AvgIpc) is 2.92. The van der Waals surface area contributed by atoms with Crippen molar-refractivity contribution in [2.45, 2.75) is 53.1 Å². The zero-order valence-corrected chi connectivity index (χ0v) is 25.4. The first-order chi connectivity index (χ1) is 20.3. The molecule has 1 N–H and O–H groups in total. The summed E-state index contributed by atoms with van der Waals surface area (Å²) in [4.78, 5) is 30.3. The van der Waals surface area contributed by atoms with Crippen LogP contribution in [0.5, 0.6) is 5.75 Å². The van der Waals surface area contributed by atoms with Crippen molar-refractivity contribution in [1.29, 1.82) is 0 Å². The molecule has 0 spiro atoms. The zero-order valence-electron chi connectivity index (χ0n) is 25.4. The number of aromatic nitrogens is 1. The largest absolute Gasteiger partial charge is 0.507 e. The molecule has 1 aromatic heterocycles. The van der Waals surface area contributed by atoms with E-state index < -0.39 is 29.1 Å². The topological polar surface area (TPSA) is 75.0 Å². The SMILES string of the molecule is Cc1cccc(C(C)C)c1-n1c(=O)cc(N2CCN(C(=O)OC(C)(C)C)CC2)c2cc(F)c(-c3c(O)cccc3F)cc21. The second kappa shape index (κ2) is 11.4. The molecule has 1 aliphatic heterocycles. The van der Waals surface area contributed by atoms with Crippen LogP contribution in [-0.4, -0.2) is 52.4 Å². The van der Waals surface area contributed by atoms with Crippen LogP contribution in [0, 0.1) is 18.6 Å². The van der Waals surface area contributed by atoms with E-state index >= 15 is 4.39 Å². The van der Waals surface area contributed by atoms with Crippen molar-refractivity contribution >= 4 is 22.7 Å². The molecule has 43 heavy (non-hydrogen) atoms. The third-order valence-corrected chi connectivity index (χ3v) is 7.73. The highest BCUT2D eigenvalue weighted by molar-refractivity contribution is 5.96. The van der Waals surface area contributed by atoms with Gasteiger partial charge in [-0.05, 0) is 69.0 Å². The highest BCUT2D eigenvalue weighted by atomic mass is 19.1. The molecule has 226 valence electrons. The van der Waals surface area contributed by atoms with Gasteiger partial charge in [0.1, 0.15) is 23.0 Å². The minimum atomic E-state index is -0.777. The number of amides is 1. The number of aromatic hydroxyl groups is 1. The molecule has 0 unspecified atom stereocenters. The second-order valence-corrected chi connectivity index (χ2v) is 12.3. The van der Waals surface area contributed by atoms with Crippen molar-refractivity contribution in [3.63, 3.8) is 0 Å². The third-order valence-electron chi connectivity index (χ3n) is 7.73. The molecule has 3 aromatic carbocycles. The number of hydrogen-bond donors (Lipinski definition) is 1. The summed E-state index contributed by atoms with van der Waals surface area (Å²) in [5, 5.41) is 11.0. The molecule has 0 aliphatic carbocycles. The number of hydrogen-bond acceptors (Lipinski definition) is 5. The molecule has 1 saturated heterocycles. The highest BCUT2D eigenvalue weighted by Gasteiger charge is 2.28. The number of rotatable bonds is 4. The average molecular weight is 590 g/mol. The van der Waals surface area contributed by atoms with Crippen molar-refractivity contribution < 1.29 is 23.4 Å². The van der Waals surface area contributed by atoms with Crippen LogP contribution in [0.25, 0.3) is 27.7 Å². The minimum absolute atomic E-state index is 0.0768. The number of phenols is 1. The van der Waals surface area contributed by atoms with Gasteiger partial charge in [0, 0.05) is 43.2 Å². The maximum atomic E-state index is 15.9. The van der Waals surface area contributed by atoms with Gasteiger partial charge in [-0.2, -0.15) is 0 Å². The number of halogens is 2. The number of benzene rings is 3. The summed E-state index contributed by atoms with van der Waals surface area (Å²) in [5.41, 5.74) is 1.99. The van der Waals surface area contributed by atoms with Gasteiger partial charge >= 0.3 is 6.09 Å². The van der Waals surface area contributed by atoms with Gasteiger partial charge in [-0.3, -0.25) is 9.36 Å².